The van der Waals surface area contributed by atoms with Crippen molar-refractivity contribution < 1.29 is 20.1 Å². The van der Waals surface area contributed by atoms with Gasteiger partial charge >= 0.3 is 0 Å². The third kappa shape index (κ3) is 6.64. The number of fused-ring (bicyclic) bond motifs is 1. The number of nitrogens with zero attached hydrogens (tertiary/aromatic N) is 3. The van der Waals surface area contributed by atoms with E-state index in [1.807, 2.05) is 72.8 Å². The maximum Gasteiger partial charge on any atom is 0.0780 e. The van der Waals surface area contributed by atoms with Crippen molar-refractivity contribution in [3.8, 4) is 50.6 Å². The van der Waals surface area contributed by atoms with Crippen molar-refractivity contribution in [3.63, 3.8) is 0 Å². The van der Waals surface area contributed by atoms with Crippen molar-refractivity contribution in [1.29, 1.82) is 0 Å². The van der Waals surface area contributed by atoms with Crippen LogP contribution in [-0.4, -0.2) is 14.5 Å². The standard InChI is InChI=1S/C31H21N2.C11H8N.Ir/c1-4-12-23(13-5-1)26-20-21-30-28(22-26)32-31(25-16-8-3-9-17-25)33(30)29-19-11-10-18-27(29)24-14-6-2-7-15-24;1-2-6-10(7-3-1)11-8-4-5-9-12-11;/h1-16,18-22H;1-6,8-9H;/q2*-1;. The van der Waals surface area contributed by atoms with Gasteiger partial charge in [-0.05, 0) is 46.6 Å². The van der Waals surface area contributed by atoms with Crippen LogP contribution >= 0.6 is 0 Å². The molecule has 0 atom stereocenters. The van der Waals surface area contributed by atoms with Crippen LogP contribution in [0.2, 0.25) is 0 Å². The minimum absolute atomic E-state index is 0. The second-order valence-electron chi connectivity index (χ2n) is 10.5. The summed E-state index contributed by atoms with van der Waals surface area (Å²) in [5.74, 6) is 0.888. The van der Waals surface area contributed by atoms with Crippen LogP contribution < -0.4 is 0 Å². The van der Waals surface area contributed by atoms with Gasteiger partial charge in [0.1, 0.15) is 0 Å². The fraction of sp³-hybridized carbons (Fsp3) is 0. The molecule has 0 bridgehead atoms. The molecule has 223 valence electrons. The Balaban J connectivity index is 0.000000241. The molecule has 1 radical (unpaired) electrons. The molecule has 8 aromatic rings. The van der Waals surface area contributed by atoms with Gasteiger partial charge in [-0.15, -0.1) is 71.8 Å². The summed E-state index contributed by atoms with van der Waals surface area (Å²) in [6, 6.07) is 64.2. The summed E-state index contributed by atoms with van der Waals surface area (Å²) in [6.07, 6.45) is 1.79. The number of aromatic nitrogens is 3. The monoisotopic (exact) mass is 768 g/mol. The van der Waals surface area contributed by atoms with Crippen molar-refractivity contribution in [2.45, 2.75) is 0 Å². The Morgan fingerprint density at radius 2 is 1.13 bits per heavy atom. The summed E-state index contributed by atoms with van der Waals surface area (Å²) >= 11 is 0. The summed E-state index contributed by atoms with van der Waals surface area (Å²) < 4.78 is 2.26. The Hall–Kier alpha value is -5.41. The largest absolute Gasteiger partial charge is 0.333 e. The minimum atomic E-state index is 0. The van der Waals surface area contributed by atoms with Gasteiger partial charge in [-0.25, -0.2) is 0 Å². The summed E-state index contributed by atoms with van der Waals surface area (Å²) in [5, 5.41) is 0. The van der Waals surface area contributed by atoms with E-state index in [0.29, 0.717) is 0 Å². The van der Waals surface area contributed by atoms with Gasteiger partial charge in [0.25, 0.3) is 0 Å². The first-order chi connectivity index (χ1) is 22.3. The van der Waals surface area contributed by atoms with E-state index in [2.05, 4.69) is 119 Å². The van der Waals surface area contributed by atoms with E-state index in [9.17, 15) is 0 Å². The molecule has 0 aliphatic carbocycles. The van der Waals surface area contributed by atoms with E-state index in [-0.39, 0.29) is 20.1 Å². The smallest absolute Gasteiger partial charge is 0.0780 e. The Labute approximate surface area is 283 Å². The number of para-hydroxylation sites is 1. The van der Waals surface area contributed by atoms with E-state index < -0.39 is 0 Å². The Bertz CT molecular complexity index is 2090. The zero-order valence-electron chi connectivity index (χ0n) is 24.9. The van der Waals surface area contributed by atoms with E-state index in [4.69, 9.17) is 4.98 Å². The number of hydrogen-bond acceptors (Lipinski definition) is 2. The molecule has 0 saturated carbocycles. The Kier molecular flexibility index (Phi) is 9.70. The van der Waals surface area contributed by atoms with Crippen molar-refractivity contribution in [1.82, 2.24) is 14.5 Å². The Morgan fingerprint density at radius 3 is 1.80 bits per heavy atom. The van der Waals surface area contributed by atoms with Crippen LogP contribution in [0.4, 0.5) is 0 Å². The van der Waals surface area contributed by atoms with Crippen molar-refractivity contribution >= 4 is 11.0 Å². The average molecular weight is 768 g/mol. The van der Waals surface area contributed by atoms with Gasteiger partial charge in [-0.3, -0.25) is 4.98 Å². The predicted octanol–water partition coefficient (Wildman–Crippen LogP) is 10.4. The first kappa shape index (κ1) is 30.6. The molecule has 8 rings (SSSR count). The number of hydrogen-bond donors (Lipinski definition) is 0. The molecule has 2 aromatic heterocycles. The van der Waals surface area contributed by atoms with Gasteiger partial charge in [0.2, 0.25) is 0 Å². The first-order valence-electron chi connectivity index (χ1n) is 14.9. The zero-order chi connectivity index (χ0) is 30.3. The molecule has 46 heavy (non-hydrogen) atoms. The van der Waals surface area contributed by atoms with Crippen molar-refractivity contribution in [3.05, 3.63) is 188 Å². The number of imidazole rings is 1. The van der Waals surface area contributed by atoms with Crippen LogP contribution in [0.1, 0.15) is 0 Å². The molecule has 0 spiro atoms. The van der Waals surface area contributed by atoms with E-state index in [1.54, 1.807) is 6.20 Å². The van der Waals surface area contributed by atoms with E-state index in [1.165, 1.54) is 16.7 Å². The van der Waals surface area contributed by atoms with Gasteiger partial charge in [0, 0.05) is 37.6 Å². The molecule has 4 heteroatoms. The number of benzene rings is 6. The SMILES string of the molecule is [Ir].[c-]1ccccc1-c1ccccn1.[c-]1ccccc1-c1nc2cc(-c3ccccc3)ccc2n1-c1ccccc1-c1ccccc1. The van der Waals surface area contributed by atoms with Crippen LogP contribution in [0.5, 0.6) is 0 Å². The van der Waals surface area contributed by atoms with E-state index >= 15 is 0 Å². The van der Waals surface area contributed by atoms with Crippen LogP contribution in [-0.2, 0) is 20.1 Å². The second-order valence-corrected chi connectivity index (χ2v) is 10.5. The van der Waals surface area contributed by atoms with Crippen LogP contribution in [0.15, 0.2) is 176 Å². The molecule has 0 amide bonds. The normalized spacial score (nSPS) is 10.4. The molecule has 0 unspecified atom stereocenters. The van der Waals surface area contributed by atoms with Gasteiger partial charge in [0.05, 0.1) is 16.9 Å². The molecular weight excluding hydrogens is 739 g/mol. The third-order valence-corrected chi connectivity index (χ3v) is 7.59. The molecule has 2 heterocycles. The first-order valence-corrected chi connectivity index (χ1v) is 14.9. The maximum absolute atomic E-state index is 5.11. The minimum Gasteiger partial charge on any atom is -0.333 e. The number of rotatable bonds is 5. The average Bonchev–Trinajstić information content (AvgIpc) is 3.53. The molecule has 0 aliphatic rings. The third-order valence-electron chi connectivity index (χ3n) is 7.59. The van der Waals surface area contributed by atoms with Crippen LogP contribution in [0, 0.1) is 12.1 Å². The molecule has 0 aliphatic heterocycles. The van der Waals surface area contributed by atoms with Crippen LogP contribution in [0.3, 0.4) is 0 Å². The summed E-state index contributed by atoms with van der Waals surface area (Å²) in [6.45, 7) is 0. The number of pyridine rings is 1. The fourth-order valence-corrected chi connectivity index (χ4v) is 5.45. The Morgan fingerprint density at radius 1 is 0.500 bits per heavy atom. The van der Waals surface area contributed by atoms with Gasteiger partial charge in [0.15, 0.2) is 0 Å². The topological polar surface area (TPSA) is 30.7 Å². The summed E-state index contributed by atoms with van der Waals surface area (Å²) in [4.78, 5) is 9.33. The van der Waals surface area contributed by atoms with Gasteiger partial charge in [-0.2, -0.15) is 0 Å². The van der Waals surface area contributed by atoms with Crippen LogP contribution in [0.25, 0.3) is 61.6 Å². The maximum atomic E-state index is 5.11. The molecule has 3 nitrogen and oxygen atoms in total. The predicted molar refractivity (Wildman–Crippen MR) is 185 cm³/mol. The molecule has 0 N–H and O–H groups in total. The summed E-state index contributed by atoms with van der Waals surface area (Å²) in [7, 11) is 0. The quantitative estimate of drug-likeness (QED) is 0.163. The van der Waals surface area contributed by atoms with Gasteiger partial charge in [-0.1, -0.05) is 97.1 Å². The van der Waals surface area contributed by atoms with E-state index in [0.717, 1.165) is 44.9 Å². The van der Waals surface area contributed by atoms with Crippen molar-refractivity contribution in [2.24, 2.45) is 0 Å². The molecule has 0 fully saturated rings. The summed E-state index contributed by atoms with van der Waals surface area (Å²) in [5.41, 5.74) is 10.8. The van der Waals surface area contributed by atoms with Crippen molar-refractivity contribution in [2.75, 3.05) is 0 Å². The fourth-order valence-electron chi connectivity index (χ4n) is 5.45. The van der Waals surface area contributed by atoms with Gasteiger partial charge < -0.3 is 9.55 Å². The molecule has 6 aromatic carbocycles. The second kappa shape index (κ2) is 14.6. The zero-order valence-corrected chi connectivity index (χ0v) is 27.3. The molecular formula is C42H29IrN3-2. The molecule has 0 saturated heterocycles.